The van der Waals surface area contributed by atoms with E-state index < -0.39 is 11.6 Å². The zero-order chi connectivity index (χ0) is 28.6. The van der Waals surface area contributed by atoms with Crippen molar-refractivity contribution in [3.63, 3.8) is 0 Å². The van der Waals surface area contributed by atoms with E-state index in [0.29, 0.717) is 18.8 Å². The van der Waals surface area contributed by atoms with Crippen LogP contribution in [-0.2, 0) is 9.53 Å². The van der Waals surface area contributed by atoms with Crippen molar-refractivity contribution in [2.75, 3.05) is 55.8 Å². The van der Waals surface area contributed by atoms with Gasteiger partial charge in [0.1, 0.15) is 11.6 Å². The number of hydrogen-bond acceptors (Lipinski definition) is 7. The lowest BCUT2D eigenvalue weighted by atomic mass is 10.1. The van der Waals surface area contributed by atoms with Crippen LogP contribution in [0.4, 0.5) is 10.5 Å². The number of ether oxygens (including phenoxy) is 1. The first-order valence-corrected chi connectivity index (χ1v) is 15.7. The Morgan fingerprint density at radius 3 is 2.39 bits per heavy atom. The molecule has 0 aliphatic carbocycles. The van der Waals surface area contributed by atoms with Crippen LogP contribution in [0, 0.1) is 0 Å². The Kier molecular flexibility index (Phi) is 7.83. The lowest BCUT2D eigenvalue weighted by Gasteiger charge is -2.39. The molecule has 3 fully saturated rings. The van der Waals surface area contributed by atoms with Crippen molar-refractivity contribution in [3.8, 4) is 11.3 Å². The summed E-state index contributed by atoms with van der Waals surface area (Å²) in [5, 5.41) is 1.16. The third kappa shape index (κ3) is 6.02. The van der Waals surface area contributed by atoms with E-state index in [9.17, 15) is 9.59 Å². The number of carbonyl (C=O) groups is 2. The number of anilines is 1. The van der Waals surface area contributed by atoms with E-state index in [4.69, 9.17) is 9.72 Å². The zero-order valence-corrected chi connectivity index (χ0v) is 25.0. The highest BCUT2D eigenvalue weighted by Crippen LogP contribution is 2.33. The van der Waals surface area contributed by atoms with Gasteiger partial charge in [0.05, 0.1) is 17.1 Å². The summed E-state index contributed by atoms with van der Waals surface area (Å²) in [6, 6.07) is 20.6. The number of pyridine rings is 1. The van der Waals surface area contributed by atoms with E-state index in [1.165, 1.54) is 5.69 Å². The van der Waals surface area contributed by atoms with Gasteiger partial charge in [0, 0.05) is 67.7 Å². The molecule has 4 heterocycles. The van der Waals surface area contributed by atoms with Crippen molar-refractivity contribution in [1.29, 1.82) is 0 Å². The van der Waals surface area contributed by atoms with E-state index in [1.54, 1.807) is 16.7 Å². The highest BCUT2D eigenvalue weighted by atomic mass is 32.2. The van der Waals surface area contributed by atoms with Gasteiger partial charge >= 0.3 is 6.09 Å². The third-order valence-corrected chi connectivity index (χ3v) is 9.16. The minimum atomic E-state index is -0.607. The van der Waals surface area contributed by atoms with Crippen LogP contribution in [0.5, 0.6) is 0 Å². The molecule has 0 spiro atoms. The van der Waals surface area contributed by atoms with Gasteiger partial charge in [0.2, 0.25) is 5.91 Å². The quantitative estimate of drug-likeness (QED) is 0.438. The molecule has 0 N–H and O–H groups in total. The van der Waals surface area contributed by atoms with E-state index in [-0.39, 0.29) is 18.0 Å². The molecule has 6 rings (SSSR count). The van der Waals surface area contributed by atoms with Crippen LogP contribution in [0.15, 0.2) is 60.7 Å². The monoisotopic (exact) mass is 573 g/mol. The first-order chi connectivity index (χ1) is 19.8. The van der Waals surface area contributed by atoms with Gasteiger partial charge in [-0.05, 0) is 39.3 Å². The third-order valence-electron chi connectivity index (χ3n) is 8.19. The first kappa shape index (κ1) is 27.8. The SMILES string of the molecule is CC(C)(C)OC(=O)N1CC(N2CCN(c3cc(-c4ccccc4)nc4ccccc34)CC2)CC1C(=O)N1CCSC1. The van der Waals surface area contributed by atoms with Gasteiger partial charge < -0.3 is 14.5 Å². The fraction of sp³-hybridized carbons (Fsp3) is 0.469. The number of thioether (sulfide) groups is 1. The molecule has 0 saturated carbocycles. The smallest absolute Gasteiger partial charge is 0.411 e. The number of rotatable bonds is 4. The minimum absolute atomic E-state index is 0.0543. The maximum absolute atomic E-state index is 13.5. The molecule has 2 amide bonds. The molecule has 3 aliphatic rings. The minimum Gasteiger partial charge on any atom is -0.444 e. The molecular weight excluding hydrogens is 534 g/mol. The van der Waals surface area contributed by atoms with Gasteiger partial charge in [-0.2, -0.15) is 0 Å². The van der Waals surface area contributed by atoms with Crippen molar-refractivity contribution in [1.82, 2.24) is 19.7 Å². The van der Waals surface area contributed by atoms with Crippen LogP contribution < -0.4 is 4.90 Å². The molecule has 216 valence electrons. The van der Waals surface area contributed by atoms with Crippen LogP contribution in [0.3, 0.4) is 0 Å². The number of carbonyl (C=O) groups excluding carboxylic acids is 2. The van der Waals surface area contributed by atoms with E-state index in [2.05, 4.69) is 46.2 Å². The standard InChI is InChI=1S/C32H39N5O3S/c1-32(2,3)40-31(39)37-21-24(19-29(37)30(38)36-17-18-41-22-36)34-13-15-35(16-14-34)28-20-27(23-9-5-4-6-10-23)33-26-12-8-7-11-25(26)28/h4-12,20,24,29H,13-19,21-22H2,1-3H3. The molecule has 9 heteroatoms. The zero-order valence-electron chi connectivity index (χ0n) is 24.2. The van der Waals surface area contributed by atoms with Gasteiger partial charge in [-0.3, -0.25) is 14.6 Å². The second-order valence-corrected chi connectivity index (χ2v) is 13.2. The van der Waals surface area contributed by atoms with Crippen molar-refractivity contribution < 1.29 is 14.3 Å². The van der Waals surface area contributed by atoms with Gasteiger partial charge in [-0.15, -0.1) is 11.8 Å². The summed E-state index contributed by atoms with van der Waals surface area (Å²) >= 11 is 1.77. The maximum Gasteiger partial charge on any atom is 0.411 e. The predicted octanol–water partition coefficient (Wildman–Crippen LogP) is 4.93. The van der Waals surface area contributed by atoms with Crippen LogP contribution in [-0.4, -0.2) is 100 Å². The van der Waals surface area contributed by atoms with Gasteiger partial charge in [-0.25, -0.2) is 9.78 Å². The number of para-hydroxylation sites is 1. The molecule has 3 aliphatic heterocycles. The molecule has 0 bridgehead atoms. The summed E-state index contributed by atoms with van der Waals surface area (Å²) in [6.07, 6.45) is 0.260. The number of hydrogen-bond donors (Lipinski definition) is 0. The second kappa shape index (κ2) is 11.5. The highest BCUT2D eigenvalue weighted by Gasteiger charge is 2.45. The van der Waals surface area contributed by atoms with Crippen LogP contribution >= 0.6 is 11.8 Å². The molecule has 2 unspecified atom stereocenters. The number of nitrogens with zero attached hydrogens (tertiary/aromatic N) is 5. The van der Waals surface area contributed by atoms with Crippen molar-refractivity contribution in [3.05, 3.63) is 60.7 Å². The Labute approximate surface area is 246 Å². The highest BCUT2D eigenvalue weighted by molar-refractivity contribution is 7.99. The summed E-state index contributed by atoms with van der Waals surface area (Å²) in [5.41, 5.74) is 3.68. The van der Waals surface area contributed by atoms with Crippen molar-refractivity contribution in [2.45, 2.75) is 44.9 Å². The molecule has 3 saturated heterocycles. The summed E-state index contributed by atoms with van der Waals surface area (Å²) in [5.74, 6) is 1.70. The van der Waals surface area contributed by atoms with Crippen LogP contribution in [0.25, 0.3) is 22.2 Å². The van der Waals surface area contributed by atoms with Gasteiger partial charge in [0.15, 0.2) is 0 Å². The molecular formula is C32H39N5O3S. The Morgan fingerprint density at radius 2 is 1.68 bits per heavy atom. The van der Waals surface area contributed by atoms with Crippen LogP contribution in [0.1, 0.15) is 27.2 Å². The van der Waals surface area contributed by atoms with Crippen molar-refractivity contribution in [2.24, 2.45) is 0 Å². The summed E-state index contributed by atoms with van der Waals surface area (Å²) in [7, 11) is 0. The molecule has 2 aromatic carbocycles. The fourth-order valence-corrected chi connectivity index (χ4v) is 7.09. The molecule has 41 heavy (non-hydrogen) atoms. The van der Waals surface area contributed by atoms with Gasteiger partial charge in [0.25, 0.3) is 0 Å². The average molecular weight is 574 g/mol. The van der Waals surface area contributed by atoms with Crippen molar-refractivity contribution >= 4 is 40.4 Å². The number of amides is 2. The van der Waals surface area contributed by atoms with E-state index in [0.717, 1.165) is 60.6 Å². The molecule has 3 aromatic rings. The Balaban J connectivity index is 1.19. The predicted molar refractivity (Wildman–Crippen MR) is 165 cm³/mol. The number of piperazine rings is 1. The number of benzene rings is 2. The Hall–Kier alpha value is -3.30. The number of fused-ring (bicyclic) bond motifs is 1. The maximum atomic E-state index is 13.5. The number of likely N-dealkylation sites (tertiary alicyclic amines) is 1. The number of aromatic nitrogens is 1. The average Bonchev–Trinajstić information content (AvgIpc) is 3.67. The topological polar surface area (TPSA) is 69.2 Å². The Bertz CT molecular complexity index is 1400. The lowest BCUT2D eigenvalue weighted by Crippen LogP contribution is -2.51. The summed E-state index contributed by atoms with van der Waals surface area (Å²) in [4.78, 5) is 40.2. The molecule has 2 atom stereocenters. The summed E-state index contributed by atoms with van der Waals surface area (Å²) in [6.45, 7) is 10.3. The first-order valence-electron chi connectivity index (χ1n) is 14.6. The normalized spacial score (nSPS) is 22.0. The fourth-order valence-electron chi connectivity index (χ4n) is 6.14. The second-order valence-electron chi connectivity index (χ2n) is 12.1. The lowest BCUT2D eigenvalue weighted by molar-refractivity contribution is -0.134. The molecule has 0 radical (unpaired) electrons. The summed E-state index contributed by atoms with van der Waals surface area (Å²) < 4.78 is 5.74. The van der Waals surface area contributed by atoms with E-state index >= 15 is 0 Å². The van der Waals surface area contributed by atoms with E-state index in [1.807, 2.05) is 49.9 Å². The van der Waals surface area contributed by atoms with Gasteiger partial charge in [-0.1, -0.05) is 48.5 Å². The largest absolute Gasteiger partial charge is 0.444 e. The Morgan fingerprint density at radius 1 is 0.951 bits per heavy atom. The molecule has 1 aromatic heterocycles. The van der Waals surface area contributed by atoms with Crippen LogP contribution in [0.2, 0.25) is 0 Å². The molecule has 8 nitrogen and oxygen atoms in total.